The van der Waals surface area contributed by atoms with Gasteiger partial charge >= 0.3 is 0 Å². The Bertz CT molecular complexity index is 586. The Labute approximate surface area is 123 Å². The van der Waals surface area contributed by atoms with Gasteiger partial charge in [0.15, 0.2) is 0 Å². The highest BCUT2D eigenvalue weighted by Gasteiger charge is 2.30. The molecule has 8 heteroatoms. The van der Waals surface area contributed by atoms with Crippen molar-refractivity contribution in [2.45, 2.75) is 17.7 Å². The molecule has 0 aromatic carbocycles. The molecule has 1 unspecified atom stereocenters. The van der Waals surface area contributed by atoms with Crippen molar-refractivity contribution in [1.29, 1.82) is 0 Å². The van der Waals surface area contributed by atoms with E-state index in [9.17, 15) is 13.5 Å². The van der Waals surface area contributed by atoms with Gasteiger partial charge in [0.05, 0.1) is 5.69 Å². The minimum atomic E-state index is -3.57. The highest BCUT2D eigenvalue weighted by molar-refractivity contribution is 7.89. The molecule has 1 atom stereocenters. The second-order valence-corrected chi connectivity index (χ2v) is 7.18. The van der Waals surface area contributed by atoms with E-state index in [1.165, 1.54) is 22.6 Å². The van der Waals surface area contributed by atoms with Crippen molar-refractivity contribution >= 4 is 27.2 Å². The van der Waals surface area contributed by atoms with Gasteiger partial charge in [0.2, 0.25) is 10.0 Å². The minimum absolute atomic E-state index is 0.00220. The lowest BCUT2D eigenvalue weighted by atomic mass is 10.0. The van der Waals surface area contributed by atoms with E-state index >= 15 is 0 Å². The van der Waals surface area contributed by atoms with Crippen molar-refractivity contribution < 1.29 is 13.5 Å². The van der Waals surface area contributed by atoms with E-state index < -0.39 is 10.0 Å². The Morgan fingerprint density at radius 1 is 1.55 bits per heavy atom. The summed E-state index contributed by atoms with van der Waals surface area (Å²) in [6, 6.07) is 2.96. The Kier molecular flexibility index (Phi) is 4.69. The van der Waals surface area contributed by atoms with Crippen molar-refractivity contribution in [3.8, 4) is 0 Å². The molecule has 0 bridgehead atoms. The number of aromatic nitrogens is 1. The minimum Gasteiger partial charge on any atom is -0.396 e. The van der Waals surface area contributed by atoms with Gasteiger partial charge in [-0.05, 0) is 30.9 Å². The van der Waals surface area contributed by atoms with Gasteiger partial charge in [-0.25, -0.2) is 8.42 Å². The SMILES string of the molecule is NC(=S)c1ccc(S(=O)(=O)N2CCCC(CO)C2)cn1. The lowest BCUT2D eigenvalue weighted by molar-refractivity contribution is 0.165. The first-order chi connectivity index (χ1) is 9.45. The maximum atomic E-state index is 12.5. The molecular weight excluding hydrogens is 298 g/mol. The van der Waals surface area contributed by atoms with Crippen LogP contribution in [0.3, 0.4) is 0 Å². The summed E-state index contributed by atoms with van der Waals surface area (Å²) in [5.41, 5.74) is 5.83. The quantitative estimate of drug-likeness (QED) is 0.766. The topological polar surface area (TPSA) is 96.5 Å². The van der Waals surface area contributed by atoms with E-state index in [1.807, 2.05) is 0 Å². The summed E-state index contributed by atoms with van der Waals surface area (Å²) in [4.78, 5) is 4.21. The third kappa shape index (κ3) is 3.14. The number of piperidine rings is 1. The van der Waals surface area contributed by atoms with E-state index in [-0.39, 0.29) is 22.4 Å². The number of thiocarbonyl (C=S) groups is 1. The van der Waals surface area contributed by atoms with E-state index in [1.54, 1.807) is 0 Å². The number of pyridine rings is 1. The number of rotatable bonds is 4. The number of nitrogens with two attached hydrogens (primary N) is 1. The molecule has 1 fully saturated rings. The first-order valence-electron chi connectivity index (χ1n) is 6.32. The lowest BCUT2D eigenvalue weighted by Gasteiger charge is -2.30. The Morgan fingerprint density at radius 2 is 2.30 bits per heavy atom. The second-order valence-electron chi connectivity index (χ2n) is 4.80. The molecule has 1 aromatic heterocycles. The molecule has 1 aromatic rings. The molecule has 2 heterocycles. The van der Waals surface area contributed by atoms with Gasteiger partial charge in [-0.2, -0.15) is 4.31 Å². The highest BCUT2D eigenvalue weighted by Crippen LogP contribution is 2.23. The molecule has 1 saturated heterocycles. The molecule has 6 nitrogen and oxygen atoms in total. The van der Waals surface area contributed by atoms with E-state index in [0.717, 1.165) is 12.8 Å². The fourth-order valence-electron chi connectivity index (χ4n) is 2.22. The average molecular weight is 315 g/mol. The first kappa shape index (κ1) is 15.3. The largest absolute Gasteiger partial charge is 0.396 e. The number of aliphatic hydroxyl groups excluding tert-OH is 1. The number of hydrogen-bond donors (Lipinski definition) is 2. The van der Waals surface area contributed by atoms with Crippen molar-refractivity contribution in [2.75, 3.05) is 19.7 Å². The molecule has 2 rings (SSSR count). The van der Waals surface area contributed by atoms with Crippen LogP contribution in [-0.2, 0) is 10.0 Å². The van der Waals surface area contributed by atoms with Gasteiger partial charge in [-0.3, -0.25) is 4.98 Å². The summed E-state index contributed by atoms with van der Waals surface area (Å²) in [6.07, 6.45) is 2.87. The molecule has 20 heavy (non-hydrogen) atoms. The zero-order valence-electron chi connectivity index (χ0n) is 10.9. The smallest absolute Gasteiger partial charge is 0.244 e. The molecule has 110 valence electrons. The van der Waals surface area contributed by atoms with Crippen LogP contribution in [0.4, 0.5) is 0 Å². The van der Waals surface area contributed by atoms with Gasteiger partial charge in [-0.15, -0.1) is 0 Å². The number of sulfonamides is 1. The summed E-state index contributed by atoms with van der Waals surface area (Å²) in [6.45, 7) is 0.816. The zero-order chi connectivity index (χ0) is 14.8. The number of hydrogen-bond acceptors (Lipinski definition) is 5. The maximum absolute atomic E-state index is 12.5. The standard InChI is InChI=1S/C12H17N3O3S2/c13-12(19)11-4-3-10(6-14-11)20(17,18)15-5-1-2-9(7-15)8-16/h3-4,6,9,16H,1-2,5,7-8H2,(H2,13,19). The lowest BCUT2D eigenvalue weighted by Crippen LogP contribution is -2.40. The van der Waals surface area contributed by atoms with Gasteiger partial charge in [0.25, 0.3) is 0 Å². The van der Waals surface area contributed by atoms with Crippen molar-refractivity contribution in [2.24, 2.45) is 11.7 Å². The average Bonchev–Trinajstić information content (AvgIpc) is 2.47. The second kappa shape index (κ2) is 6.13. The highest BCUT2D eigenvalue weighted by atomic mass is 32.2. The summed E-state index contributed by atoms with van der Waals surface area (Å²) in [7, 11) is -3.57. The van der Waals surface area contributed by atoms with Crippen LogP contribution in [0.15, 0.2) is 23.2 Å². The van der Waals surface area contributed by atoms with Crippen LogP contribution >= 0.6 is 12.2 Å². The summed E-state index contributed by atoms with van der Waals surface area (Å²) in [5, 5.41) is 9.18. The van der Waals surface area contributed by atoms with Crippen LogP contribution in [-0.4, -0.2) is 47.5 Å². The van der Waals surface area contributed by atoms with E-state index in [2.05, 4.69) is 4.98 Å². The van der Waals surface area contributed by atoms with E-state index in [0.29, 0.717) is 18.8 Å². The predicted octanol–water partition coefficient (Wildman–Crippen LogP) is 0.109. The molecule has 1 aliphatic rings. The molecule has 0 amide bonds. The number of aliphatic hydroxyl groups is 1. The number of nitrogens with zero attached hydrogens (tertiary/aromatic N) is 2. The molecule has 0 radical (unpaired) electrons. The predicted molar refractivity (Wildman–Crippen MR) is 78.7 cm³/mol. The Morgan fingerprint density at radius 3 is 2.85 bits per heavy atom. The molecular formula is C12H17N3O3S2. The summed E-state index contributed by atoms with van der Waals surface area (Å²) < 4.78 is 26.3. The van der Waals surface area contributed by atoms with Gasteiger partial charge in [-0.1, -0.05) is 12.2 Å². The van der Waals surface area contributed by atoms with Crippen LogP contribution in [0.5, 0.6) is 0 Å². The van der Waals surface area contributed by atoms with Crippen LogP contribution in [0, 0.1) is 5.92 Å². The molecule has 0 saturated carbocycles. The molecule has 1 aliphatic heterocycles. The van der Waals surface area contributed by atoms with E-state index in [4.69, 9.17) is 18.0 Å². The van der Waals surface area contributed by atoms with Crippen molar-refractivity contribution in [3.05, 3.63) is 24.0 Å². The molecule has 0 aliphatic carbocycles. The fourth-order valence-corrected chi connectivity index (χ4v) is 3.84. The van der Waals surface area contributed by atoms with Crippen LogP contribution < -0.4 is 5.73 Å². The summed E-state index contributed by atoms with van der Waals surface area (Å²) >= 11 is 4.78. The molecule has 3 N–H and O–H groups in total. The fraction of sp³-hybridized carbons (Fsp3) is 0.500. The normalized spacial score (nSPS) is 20.8. The first-order valence-corrected chi connectivity index (χ1v) is 8.17. The Balaban J connectivity index is 2.23. The monoisotopic (exact) mass is 315 g/mol. The van der Waals surface area contributed by atoms with Crippen LogP contribution in [0.1, 0.15) is 18.5 Å². The van der Waals surface area contributed by atoms with Gasteiger partial charge in [0, 0.05) is 25.9 Å². The van der Waals surface area contributed by atoms with Crippen LogP contribution in [0.25, 0.3) is 0 Å². The van der Waals surface area contributed by atoms with Gasteiger partial charge in [0.1, 0.15) is 9.88 Å². The third-order valence-electron chi connectivity index (χ3n) is 3.37. The maximum Gasteiger partial charge on any atom is 0.244 e. The third-order valence-corrected chi connectivity index (χ3v) is 5.42. The zero-order valence-corrected chi connectivity index (χ0v) is 12.5. The molecule has 0 spiro atoms. The van der Waals surface area contributed by atoms with Crippen molar-refractivity contribution in [3.63, 3.8) is 0 Å². The summed E-state index contributed by atoms with van der Waals surface area (Å²) in [5.74, 6) is 0.00220. The van der Waals surface area contributed by atoms with Gasteiger partial charge < -0.3 is 10.8 Å². The van der Waals surface area contributed by atoms with Crippen LogP contribution in [0.2, 0.25) is 0 Å². The van der Waals surface area contributed by atoms with Crippen molar-refractivity contribution in [1.82, 2.24) is 9.29 Å². The Hall–Kier alpha value is -1.09.